The van der Waals surface area contributed by atoms with Gasteiger partial charge in [-0.15, -0.1) is 0 Å². The number of phenolic OH excluding ortho intramolecular Hbond substituents is 1. The quantitative estimate of drug-likeness (QED) is 0.794. The molecule has 0 bridgehead atoms. The lowest BCUT2D eigenvalue weighted by Gasteiger charge is -2.33. The maximum absolute atomic E-state index is 9.71. The number of aliphatic hydroxyl groups excluding tert-OH is 1. The monoisotopic (exact) mass is 313 g/mol. The number of ether oxygens (including phenoxy) is 1. The van der Waals surface area contributed by atoms with Gasteiger partial charge in [-0.1, -0.05) is 30.3 Å². The Bertz CT molecular complexity index is 671. The highest BCUT2D eigenvalue weighted by atomic mass is 16.5. The minimum atomic E-state index is 0.143. The van der Waals surface area contributed by atoms with Crippen LogP contribution < -0.4 is 10.1 Å². The summed E-state index contributed by atoms with van der Waals surface area (Å²) < 4.78 is 5.16. The molecule has 0 radical (unpaired) electrons. The van der Waals surface area contributed by atoms with Crippen LogP contribution in [0.3, 0.4) is 0 Å². The largest absolute Gasteiger partial charge is 0.504 e. The van der Waals surface area contributed by atoms with Gasteiger partial charge in [0, 0.05) is 25.1 Å². The summed E-state index contributed by atoms with van der Waals surface area (Å²) in [7, 11) is 1.55. The number of methoxy groups -OCH3 is 1. The van der Waals surface area contributed by atoms with Gasteiger partial charge in [-0.2, -0.15) is 0 Å². The molecule has 1 aliphatic rings. The predicted molar refractivity (Wildman–Crippen MR) is 89.6 cm³/mol. The topological polar surface area (TPSA) is 61.7 Å². The lowest BCUT2D eigenvalue weighted by molar-refractivity contribution is 0.173. The van der Waals surface area contributed by atoms with E-state index in [1.54, 1.807) is 13.2 Å². The van der Waals surface area contributed by atoms with Gasteiger partial charge in [0.25, 0.3) is 0 Å². The number of fused-ring (bicyclic) bond motifs is 1. The molecule has 2 aromatic rings. The van der Waals surface area contributed by atoms with E-state index in [4.69, 9.17) is 4.74 Å². The van der Waals surface area contributed by atoms with Crippen molar-refractivity contribution in [1.29, 1.82) is 0 Å². The number of rotatable bonds is 5. The summed E-state index contributed by atoms with van der Waals surface area (Å²) in [5.41, 5.74) is 3.68. The Morgan fingerprint density at radius 1 is 1.22 bits per heavy atom. The lowest BCUT2D eigenvalue weighted by atomic mass is 9.80. The van der Waals surface area contributed by atoms with Gasteiger partial charge in [0.2, 0.25) is 0 Å². The second-order valence-corrected chi connectivity index (χ2v) is 6.04. The van der Waals surface area contributed by atoms with Crippen molar-refractivity contribution in [2.75, 3.05) is 13.7 Å². The Kier molecular flexibility index (Phi) is 4.84. The molecule has 0 saturated heterocycles. The number of nitrogens with one attached hydrogen (secondary N) is 1. The molecule has 0 aromatic heterocycles. The highest BCUT2D eigenvalue weighted by Gasteiger charge is 2.28. The van der Waals surface area contributed by atoms with Gasteiger partial charge in [0.15, 0.2) is 11.5 Å². The molecule has 2 atom stereocenters. The smallest absolute Gasteiger partial charge is 0.160 e. The predicted octanol–water partition coefficient (Wildman–Crippen LogP) is 2.79. The molecule has 0 spiro atoms. The molecular formula is C19H23NO3. The number of aryl methyl sites for hydroxylation is 1. The minimum absolute atomic E-state index is 0.143. The van der Waals surface area contributed by atoms with Gasteiger partial charge in [-0.3, -0.25) is 0 Å². The Labute approximate surface area is 136 Å². The van der Waals surface area contributed by atoms with Crippen molar-refractivity contribution in [2.45, 2.75) is 25.4 Å². The molecular weight excluding hydrogens is 290 g/mol. The van der Waals surface area contributed by atoms with Crippen molar-refractivity contribution in [3.8, 4) is 11.5 Å². The van der Waals surface area contributed by atoms with E-state index in [9.17, 15) is 10.2 Å². The first-order chi connectivity index (χ1) is 11.2. The van der Waals surface area contributed by atoms with Crippen LogP contribution >= 0.6 is 0 Å². The number of hydrogen-bond donors (Lipinski definition) is 3. The van der Waals surface area contributed by atoms with Gasteiger partial charge < -0.3 is 20.3 Å². The standard InChI is InChI=1S/C19H23NO3/c1-23-18-10-13(6-9-17(18)22)11-20-19-15(12-21)8-7-14-4-2-3-5-16(14)19/h2-6,9-10,15,19-22H,7-8,11-12H2,1H3/t15-,19-/m1/s1. The van der Waals surface area contributed by atoms with E-state index in [1.165, 1.54) is 11.1 Å². The van der Waals surface area contributed by atoms with Crippen molar-refractivity contribution in [1.82, 2.24) is 5.32 Å². The van der Waals surface area contributed by atoms with Crippen molar-refractivity contribution < 1.29 is 14.9 Å². The van der Waals surface area contributed by atoms with Gasteiger partial charge in [-0.05, 0) is 41.7 Å². The summed E-state index contributed by atoms with van der Waals surface area (Å²) in [6.45, 7) is 0.844. The first-order valence-corrected chi connectivity index (χ1v) is 8.01. The summed E-state index contributed by atoms with van der Waals surface area (Å²) >= 11 is 0. The molecule has 122 valence electrons. The third kappa shape index (κ3) is 3.33. The van der Waals surface area contributed by atoms with Crippen LogP contribution in [0.5, 0.6) is 11.5 Å². The molecule has 0 heterocycles. The fourth-order valence-corrected chi connectivity index (χ4v) is 3.36. The van der Waals surface area contributed by atoms with Gasteiger partial charge >= 0.3 is 0 Å². The summed E-state index contributed by atoms with van der Waals surface area (Å²) in [5, 5.41) is 23.0. The van der Waals surface area contributed by atoms with Crippen LogP contribution in [0.1, 0.15) is 29.2 Å². The third-order valence-electron chi connectivity index (χ3n) is 4.65. The molecule has 3 N–H and O–H groups in total. The van der Waals surface area contributed by atoms with Crippen LogP contribution in [0.4, 0.5) is 0 Å². The highest BCUT2D eigenvalue weighted by molar-refractivity contribution is 5.42. The van der Waals surface area contributed by atoms with E-state index in [1.807, 2.05) is 12.1 Å². The molecule has 4 nitrogen and oxygen atoms in total. The first-order valence-electron chi connectivity index (χ1n) is 8.01. The number of phenols is 1. The van der Waals surface area contributed by atoms with E-state index in [-0.39, 0.29) is 24.3 Å². The molecule has 0 amide bonds. The number of aliphatic hydroxyl groups is 1. The Hall–Kier alpha value is -2.04. The molecule has 0 unspecified atom stereocenters. The molecule has 23 heavy (non-hydrogen) atoms. The summed E-state index contributed by atoms with van der Waals surface area (Å²) in [6, 6.07) is 13.9. The van der Waals surface area contributed by atoms with E-state index in [2.05, 4.69) is 29.6 Å². The van der Waals surface area contributed by atoms with Gasteiger partial charge in [0.05, 0.1) is 7.11 Å². The Morgan fingerprint density at radius 2 is 2.04 bits per heavy atom. The van der Waals surface area contributed by atoms with Crippen LogP contribution in [0.25, 0.3) is 0 Å². The summed E-state index contributed by atoms with van der Waals surface area (Å²) in [6.07, 6.45) is 2.01. The number of hydrogen-bond acceptors (Lipinski definition) is 4. The zero-order valence-electron chi connectivity index (χ0n) is 13.3. The summed E-state index contributed by atoms with van der Waals surface area (Å²) in [4.78, 5) is 0. The molecule has 2 aromatic carbocycles. The van der Waals surface area contributed by atoms with E-state index in [0.717, 1.165) is 18.4 Å². The maximum Gasteiger partial charge on any atom is 0.160 e. The highest BCUT2D eigenvalue weighted by Crippen LogP contribution is 2.34. The van der Waals surface area contributed by atoms with Crippen LogP contribution in [0, 0.1) is 5.92 Å². The molecule has 3 rings (SSSR count). The molecule has 0 aliphatic heterocycles. The number of benzene rings is 2. The number of aromatic hydroxyl groups is 1. The zero-order chi connectivity index (χ0) is 16.2. The first kappa shape index (κ1) is 15.8. The van der Waals surface area contributed by atoms with E-state index >= 15 is 0 Å². The van der Waals surface area contributed by atoms with Crippen molar-refractivity contribution in [3.63, 3.8) is 0 Å². The molecule has 0 fully saturated rings. The Morgan fingerprint density at radius 3 is 2.83 bits per heavy atom. The fourth-order valence-electron chi connectivity index (χ4n) is 3.36. The van der Waals surface area contributed by atoms with Crippen molar-refractivity contribution >= 4 is 0 Å². The lowest BCUT2D eigenvalue weighted by Crippen LogP contribution is -2.34. The molecule has 1 aliphatic carbocycles. The Balaban J connectivity index is 1.78. The minimum Gasteiger partial charge on any atom is -0.504 e. The van der Waals surface area contributed by atoms with E-state index in [0.29, 0.717) is 12.3 Å². The zero-order valence-corrected chi connectivity index (χ0v) is 13.3. The molecule has 4 heteroatoms. The average Bonchev–Trinajstić information content (AvgIpc) is 2.60. The second kappa shape index (κ2) is 7.02. The third-order valence-corrected chi connectivity index (χ3v) is 4.65. The van der Waals surface area contributed by atoms with Crippen LogP contribution in [-0.4, -0.2) is 23.9 Å². The summed E-state index contributed by atoms with van der Waals surface area (Å²) in [5.74, 6) is 0.850. The SMILES string of the molecule is COc1cc(CN[C@H]2c3ccccc3CC[C@@H]2CO)ccc1O. The van der Waals surface area contributed by atoms with Crippen LogP contribution in [0.15, 0.2) is 42.5 Å². The van der Waals surface area contributed by atoms with E-state index < -0.39 is 0 Å². The van der Waals surface area contributed by atoms with Crippen molar-refractivity contribution in [2.24, 2.45) is 5.92 Å². The maximum atomic E-state index is 9.71. The van der Waals surface area contributed by atoms with Crippen LogP contribution in [-0.2, 0) is 13.0 Å². The second-order valence-electron chi connectivity index (χ2n) is 6.04. The normalized spacial score (nSPS) is 20.1. The fraction of sp³-hybridized carbons (Fsp3) is 0.368. The average molecular weight is 313 g/mol. The van der Waals surface area contributed by atoms with Gasteiger partial charge in [-0.25, -0.2) is 0 Å². The molecule has 0 saturated carbocycles. The van der Waals surface area contributed by atoms with Crippen LogP contribution in [0.2, 0.25) is 0 Å². The van der Waals surface area contributed by atoms with Crippen molar-refractivity contribution in [3.05, 3.63) is 59.2 Å². The van der Waals surface area contributed by atoms with Gasteiger partial charge in [0.1, 0.15) is 0 Å².